The molecule has 0 spiro atoms. The van der Waals surface area contributed by atoms with Gasteiger partial charge >= 0.3 is 5.97 Å². The predicted octanol–water partition coefficient (Wildman–Crippen LogP) is 2.81. The molecule has 3 N–H and O–H groups in total. The lowest BCUT2D eigenvalue weighted by Crippen LogP contribution is -2.38. The van der Waals surface area contributed by atoms with Crippen LogP contribution >= 0.6 is 0 Å². The lowest BCUT2D eigenvalue weighted by molar-refractivity contribution is -0.0662. The second-order valence-corrected chi connectivity index (χ2v) is 6.66. The summed E-state index contributed by atoms with van der Waals surface area (Å²) in [5.41, 5.74) is 7.33. The Morgan fingerprint density at radius 1 is 1.38 bits per heavy atom. The summed E-state index contributed by atoms with van der Waals surface area (Å²) in [7, 11) is 1.36. The molecule has 1 aliphatic rings. The van der Waals surface area contributed by atoms with Crippen LogP contribution in [0.2, 0.25) is 0 Å². The number of methoxy groups -OCH3 is 1. The maximum absolute atomic E-state index is 11.6. The smallest absolute Gasteiger partial charge is 0.337 e. The molecule has 116 valence electrons. The van der Waals surface area contributed by atoms with E-state index in [9.17, 15) is 4.79 Å². The van der Waals surface area contributed by atoms with Crippen LogP contribution < -0.4 is 11.1 Å². The van der Waals surface area contributed by atoms with Crippen LogP contribution in [0.5, 0.6) is 0 Å². The van der Waals surface area contributed by atoms with Crippen LogP contribution in [0.25, 0.3) is 0 Å². The normalized spacial score (nSPS) is 22.8. The molecule has 2 rings (SSSR count). The Hall–Kier alpha value is -1.75. The molecule has 0 amide bonds. The molecular formula is C16H24N2O3. The van der Waals surface area contributed by atoms with E-state index >= 15 is 0 Å². The Morgan fingerprint density at radius 2 is 2.05 bits per heavy atom. The Labute approximate surface area is 125 Å². The summed E-state index contributed by atoms with van der Waals surface area (Å²) in [6.45, 7) is 8.26. The number of hydrogen-bond acceptors (Lipinski definition) is 5. The highest BCUT2D eigenvalue weighted by Crippen LogP contribution is 2.39. The second kappa shape index (κ2) is 5.22. The van der Waals surface area contributed by atoms with Gasteiger partial charge < -0.3 is 20.5 Å². The van der Waals surface area contributed by atoms with Crippen molar-refractivity contribution >= 4 is 17.3 Å². The first-order valence-electron chi connectivity index (χ1n) is 7.09. The fourth-order valence-corrected chi connectivity index (χ4v) is 2.90. The van der Waals surface area contributed by atoms with Crippen molar-refractivity contribution in [2.75, 3.05) is 18.2 Å². The molecule has 1 fully saturated rings. The van der Waals surface area contributed by atoms with E-state index in [2.05, 4.69) is 33.0 Å². The van der Waals surface area contributed by atoms with Crippen LogP contribution in [-0.2, 0) is 9.47 Å². The lowest BCUT2D eigenvalue weighted by Gasteiger charge is -2.28. The fourth-order valence-electron chi connectivity index (χ4n) is 2.90. The standard InChI is InChI=1S/C16H24N2O3/c1-15(2)9-13(16(3,4)21-15)18-12-8-10(14(19)20-5)6-7-11(12)17/h6-8,13,18H,9,17H2,1-5H3. The van der Waals surface area contributed by atoms with Gasteiger partial charge in [0.1, 0.15) is 0 Å². The SMILES string of the molecule is COC(=O)c1ccc(N)c(NC2CC(C)(C)OC2(C)C)c1. The quantitative estimate of drug-likeness (QED) is 0.662. The average Bonchev–Trinajstić information content (AvgIpc) is 2.58. The van der Waals surface area contributed by atoms with Gasteiger partial charge in [0.15, 0.2) is 0 Å². The zero-order chi connectivity index (χ0) is 15.8. The molecule has 1 aliphatic heterocycles. The van der Waals surface area contributed by atoms with Gasteiger partial charge in [0.05, 0.1) is 41.3 Å². The molecule has 1 atom stereocenters. The average molecular weight is 292 g/mol. The second-order valence-electron chi connectivity index (χ2n) is 6.66. The van der Waals surface area contributed by atoms with Gasteiger partial charge in [0.25, 0.3) is 0 Å². The molecule has 0 saturated carbocycles. The number of hydrogen-bond donors (Lipinski definition) is 2. The highest BCUT2D eigenvalue weighted by Gasteiger charge is 2.45. The van der Waals surface area contributed by atoms with Crippen molar-refractivity contribution in [1.82, 2.24) is 0 Å². The Balaban J connectivity index is 2.25. The van der Waals surface area contributed by atoms with E-state index in [-0.39, 0.29) is 23.2 Å². The first-order chi connectivity index (χ1) is 9.64. The number of carbonyl (C=O) groups excluding carboxylic acids is 1. The number of nitrogens with one attached hydrogen (secondary N) is 1. The van der Waals surface area contributed by atoms with Gasteiger partial charge in [0.2, 0.25) is 0 Å². The van der Waals surface area contributed by atoms with Crippen molar-refractivity contribution in [3.8, 4) is 0 Å². The molecule has 1 unspecified atom stereocenters. The number of carbonyl (C=O) groups is 1. The minimum Gasteiger partial charge on any atom is -0.465 e. The Kier molecular flexibility index (Phi) is 3.89. The van der Waals surface area contributed by atoms with Crippen LogP contribution in [0.15, 0.2) is 18.2 Å². The first-order valence-corrected chi connectivity index (χ1v) is 7.09. The van der Waals surface area contributed by atoms with Crippen LogP contribution in [0, 0.1) is 0 Å². The number of esters is 1. The van der Waals surface area contributed by atoms with Gasteiger partial charge in [0, 0.05) is 0 Å². The lowest BCUT2D eigenvalue weighted by atomic mass is 9.94. The van der Waals surface area contributed by atoms with Crippen molar-refractivity contribution in [2.24, 2.45) is 0 Å². The third kappa shape index (κ3) is 3.29. The van der Waals surface area contributed by atoms with Gasteiger partial charge in [-0.25, -0.2) is 4.79 Å². The summed E-state index contributed by atoms with van der Waals surface area (Å²) in [6, 6.07) is 5.21. The van der Waals surface area contributed by atoms with E-state index in [1.807, 2.05) is 0 Å². The van der Waals surface area contributed by atoms with Crippen molar-refractivity contribution in [3.63, 3.8) is 0 Å². The summed E-state index contributed by atoms with van der Waals surface area (Å²) in [6.07, 6.45) is 0.863. The van der Waals surface area contributed by atoms with Crippen molar-refractivity contribution in [2.45, 2.75) is 51.4 Å². The Morgan fingerprint density at radius 3 is 2.57 bits per heavy atom. The van der Waals surface area contributed by atoms with Gasteiger partial charge in [-0.1, -0.05) is 0 Å². The summed E-state index contributed by atoms with van der Waals surface area (Å²) < 4.78 is 10.8. The van der Waals surface area contributed by atoms with E-state index in [4.69, 9.17) is 15.2 Å². The molecule has 0 aromatic heterocycles. The van der Waals surface area contributed by atoms with Crippen molar-refractivity contribution in [3.05, 3.63) is 23.8 Å². The number of anilines is 2. The highest BCUT2D eigenvalue weighted by atomic mass is 16.5. The first kappa shape index (κ1) is 15.6. The number of rotatable bonds is 3. The fraction of sp³-hybridized carbons (Fsp3) is 0.562. The Bertz CT molecular complexity index is 552. The molecular weight excluding hydrogens is 268 g/mol. The number of nitrogen functional groups attached to an aromatic ring is 1. The van der Waals surface area contributed by atoms with Crippen LogP contribution in [0.1, 0.15) is 44.5 Å². The van der Waals surface area contributed by atoms with Crippen molar-refractivity contribution < 1.29 is 14.3 Å². The monoisotopic (exact) mass is 292 g/mol. The summed E-state index contributed by atoms with van der Waals surface area (Å²) >= 11 is 0. The molecule has 21 heavy (non-hydrogen) atoms. The molecule has 0 aliphatic carbocycles. The summed E-state index contributed by atoms with van der Waals surface area (Å²) in [5.74, 6) is -0.375. The van der Waals surface area contributed by atoms with Crippen molar-refractivity contribution in [1.29, 1.82) is 0 Å². The molecule has 1 aromatic carbocycles. The topological polar surface area (TPSA) is 73.6 Å². The number of benzene rings is 1. The van der Waals surface area contributed by atoms with Gasteiger partial charge in [-0.2, -0.15) is 0 Å². The van der Waals surface area contributed by atoms with E-state index < -0.39 is 0 Å². The maximum atomic E-state index is 11.6. The molecule has 1 aromatic rings. The van der Waals surface area contributed by atoms with Gasteiger partial charge in [-0.05, 0) is 52.3 Å². The minimum absolute atomic E-state index is 0.114. The minimum atomic E-state index is -0.375. The summed E-state index contributed by atoms with van der Waals surface area (Å²) in [5, 5.41) is 3.42. The third-order valence-electron chi connectivity index (χ3n) is 3.88. The molecule has 0 bridgehead atoms. The van der Waals surface area contributed by atoms with Gasteiger partial charge in [-0.15, -0.1) is 0 Å². The van der Waals surface area contributed by atoms with Crippen LogP contribution in [-0.4, -0.2) is 30.3 Å². The van der Waals surface area contributed by atoms with E-state index in [0.717, 1.165) is 12.1 Å². The number of ether oxygens (including phenoxy) is 2. The number of nitrogens with two attached hydrogens (primary N) is 1. The third-order valence-corrected chi connectivity index (χ3v) is 3.88. The molecule has 0 radical (unpaired) electrons. The molecule has 1 saturated heterocycles. The van der Waals surface area contributed by atoms with Gasteiger partial charge in [-0.3, -0.25) is 0 Å². The zero-order valence-corrected chi connectivity index (χ0v) is 13.3. The molecule has 1 heterocycles. The van der Waals surface area contributed by atoms with Crippen LogP contribution in [0.3, 0.4) is 0 Å². The van der Waals surface area contributed by atoms with E-state index in [1.54, 1.807) is 18.2 Å². The zero-order valence-electron chi connectivity index (χ0n) is 13.3. The highest BCUT2D eigenvalue weighted by molar-refractivity contribution is 5.92. The maximum Gasteiger partial charge on any atom is 0.337 e. The summed E-state index contributed by atoms with van der Waals surface area (Å²) in [4.78, 5) is 11.6. The molecule has 5 nitrogen and oxygen atoms in total. The van der Waals surface area contributed by atoms with Crippen LogP contribution in [0.4, 0.5) is 11.4 Å². The predicted molar refractivity (Wildman–Crippen MR) is 83.5 cm³/mol. The van der Waals surface area contributed by atoms with E-state index in [1.165, 1.54) is 7.11 Å². The van der Waals surface area contributed by atoms with E-state index in [0.29, 0.717) is 11.3 Å². The molecule has 5 heteroatoms. The largest absolute Gasteiger partial charge is 0.465 e.